The zero-order chi connectivity index (χ0) is 24.7. The fourth-order valence-electron chi connectivity index (χ4n) is 6.56. The fraction of sp³-hybridized carbons (Fsp3) is 0.455. The molecule has 0 spiro atoms. The molecule has 3 aromatic rings. The van der Waals surface area contributed by atoms with Crippen LogP contribution in [0.5, 0.6) is 11.5 Å². The van der Waals surface area contributed by atoms with Gasteiger partial charge in [-0.1, -0.05) is 101 Å². The van der Waals surface area contributed by atoms with Crippen LogP contribution in [0.15, 0.2) is 66.7 Å². The van der Waals surface area contributed by atoms with Gasteiger partial charge in [0.15, 0.2) is 0 Å². The molecule has 0 heterocycles. The summed E-state index contributed by atoms with van der Waals surface area (Å²) in [5, 5.41) is 1.69. The highest BCUT2D eigenvalue weighted by molar-refractivity contribution is 7.67. The molecule has 0 aromatic heterocycles. The molecule has 5 rings (SSSR count). The van der Waals surface area contributed by atoms with Crippen molar-refractivity contribution in [2.75, 3.05) is 14.2 Å². The summed E-state index contributed by atoms with van der Waals surface area (Å²) in [6.45, 7) is 0. The van der Waals surface area contributed by atoms with E-state index in [0.717, 1.165) is 34.8 Å². The molecule has 2 fully saturated rings. The molecule has 0 bridgehead atoms. The van der Waals surface area contributed by atoms with Gasteiger partial charge in [0.25, 0.3) is 0 Å². The Bertz CT molecular complexity index is 1090. The Labute approximate surface area is 219 Å². The van der Waals surface area contributed by atoms with Crippen molar-refractivity contribution in [3.8, 4) is 22.6 Å². The molecule has 2 nitrogen and oxygen atoms in total. The highest BCUT2D eigenvalue weighted by Gasteiger charge is 2.33. The zero-order valence-electron chi connectivity index (χ0n) is 22.0. The summed E-state index contributed by atoms with van der Waals surface area (Å²) in [7, 11) is 3.35. The Hall–Kier alpha value is -2.31. The predicted octanol–water partition coefficient (Wildman–Crippen LogP) is 8.73. The summed E-state index contributed by atoms with van der Waals surface area (Å²) >= 11 is 0. The van der Waals surface area contributed by atoms with E-state index in [1.807, 2.05) is 18.2 Å². The maximum atomic E-state index is 5.79. The lowest BCUT2D eigenvalue weighted by Gasteiger charge is -2.39. The van der Waals surface area contributed by atoms with Gasteiger partial charge in [-0.3, -0.25) is 0 Å². The van der Waals surface area contributed by atoms with Crippen LogP contribution < -0.4 is 14.8 Å². The lowest BCUT2D eigenvalue weighted by molar-refractivity contribution is 0.397. The third-order valence-electron chi connectivity index (χ3n) is 8.30. The van der Waals surface area contributed by atoms with Gasteiger partial charge < -0.3 is 9.47 Å². The molecule has 2 aliphatic rings. The number of rotatable bonds is 8. The molecule has 2 aliphatic carbocycles. The summed E-state index contributed by atoms with van der Waals surface area (Å²) in [5.41, 5.74) is 6.94. The normalized spacial score (nSPS) is 17.3. The molecule has 0 N–H and O–H groups in total. The van der Waals surface area contributed by atoms with E-state index in [4.69, 9.17) is 9.47 Å². The van der Waals surface area contributed by atoms with Crippen LogP contribution in [0.25, 0.3) is 11.1 Å². The highest BCUT2D eigenvalue weighted by Crippen LogP contribution is 2.55. The molecule has 190 valence electrons. The molecule has 36 heavy (non-hydrogen) atoms. The van der Waals surface area contributed by atoms with Crippen molar-refractivity contribution in [1.29, 1.82) is 0 Å². The van der Waals surface area contributed by atoms with Gasteiger partial charge in [0, 0.05) is 0 Å². The highest BCUT2D eigenvalue weighted by atomic mass is 31.1. The van der Waals surface area contributed by atoms with E-state index in [9.17, 15) is 0 Å². The monoisotopic (exact) mass is 500 g/mol. The van der Waals surface area contributed by atoms with Crippen molar-refractivity contribution in [2.24, 2.45) is 0 Å². The number of methoxy groups -OCH3 is 2. The molecule has 0 saturated heterocycles. The molecule has 0 atom stereocenters. The molecule has 0 amide bonds. The predicted molar refractivity (Wildman–Crippen MR) is 155 cm³/mol. The second kappa shape index (κ2) is 12.3. The number of hydrogen-bond donors (Lipinski definition) is 0. The van der Waals surface area contributed by atoms with Crippen LogP contribution in [-0.4, -0.2) is 25.5 Å². The fourth-order valence-corrected chi connectivity index (χ4v) is 10.5. The van der Waals surface area contributed by atoms with Crippen LogP contribution >= 0.6 is 7.92 Å². The molecule has 0 aliphatic heterocycles. The molecular formula is C33H41O2P. The van der Waals surface area contributed by atoms with E-state index in [2.05, 4.69) is 48.5 Å². The van der Waals surface area contributed by atoms with Gasteiger partial charge >= 0.3 is 0 Å². The van der Waals surface area contributed by atoms with Crippen molar-refractivity contribution in [1.82, 2.24) is 0 Å². The van der Waals surface area contributed by atoms with Gasteiger partial charge in [0.2, 0.25) is 0 Å². The first kappa shape index (κ1) is 25.3. The van der Waals surface area contributed by atoms with Gasteiger partial charge in [0.05, 0.1) is 19.8 Å². The summed E-state index contributed by atoms with van der Waals surface area (Å²) in [4.78, 5) is 0. The second-order valence-electron chi connectivity index (χ2n) is 10.5. The minimum absolute atomic E-state index is 0.141. The second-order valence-corrected chi connectivity index (χ2v) is 13.2. The topological polar surface area (TPSA) is 18.5 Å². The average molecular weight is 501 g/mol. The van der Waals surface area contributed by atoms with E-state index < -0.39 is 0 Å². The molecule has 0 radical (unpaired) electrons. The van der Waals surface area contributed by atoms with Crippen molar-refractivity contribution >= 4 is 13.2 Å². The van der Waals surface area contributed by atoms with E-state index in [1.54, 1.807) is 19.5 Å². The third-order valence-corrected chi connectivity index (χ3v) is 11.9. The molecule has 3 aromatic carbocycles. The van der Waals surface area contributed by atoms with Crippen LogP contribution in [0, 0.1) is 0 Å². The lowest BCUT2D eigenvalue weighted by atomic mass is 9.93. The first-order valence-electron chi connectivity index (χ1n) is 14.0. The van der Waals surface area contributed by atoms with Crippen LogP contribution in [0.2, 0.25) is 0 Å². The van der Waals surface area contributed by atoms with E-state index in [1.165, 1.54) is 80.9 Å². The van der Waals surface area contributed by atoms with Gasteiger partial charge in [-0.05, 0) is 77.5 Å². The first-order valence-corrected chi connectivity index (χ1v) is 15.4. The van der Waals surface area contributed by atoms with Crippen LogP contribution in [0.1, 0.15) is 75.3 Å². The first-order chi connectivity index (χ1) is 17.8. The minimum Gasteiger partial charge on any atom is -0.496 e. The summed E-state index contributed by atoms with van der Waals surface area (Å²) in [6, 6.07) is 24.4. The van der Waals surface area contributed by atoms with Gasteiger partial charge in [-0.25, -0.2) is 0 Å². The summed E-state index contributed by atoms with van der Waals surface area (Å²) in [5.74, 6) is 1.73. The Morgan fingerprint density at radius 3 is 1.72 bits per heavy atom. The van der Waals surface area contributed by atoms with Gasteiger partial charge in [0.1, 0.15) is 11.5 Å². The van der Waals surface area contributed by atoms with E-state index >= 15 is 0 Å². The summed E-state index contributed by atoms with van der Waals surface area (Å²) in [6.07, 6.45) is 15.3. The third kappa shape index (κ3) is 5.50. The average Bonchev–Trinajstić information content (AvgIpc) is 2.95. The van der Waals surface area contributed by atoms with Gasteiger partial charge in [-0.2, -0.15) is 0 Å². The number of ether oxygens (including phenoxy) is 2. The zero-order valence-corrected chi connectivity index (χ0v) is 22.9. The standard InChI is InChI=1S/C33H41O2P/c1-34-30-21-13-22-31(35-2)33(30)29-20-11-9-14-25(29)24-26-15-10-12-23-32(26)36(27-16-5-3-6-17-27)28-18-7-4-8-19-28/h9-15,20-23,27-28H,3-8,16-19,24H2,1-2H3. The quantitative estimate of drug-likeness (QED) is 0.288. The smallest absolute Gasteiger partial charge is 0.130 e. The van der Waals surface area contributed by atoms with Crippen molar-refractivity contribution in [3.05, 3.63) is 77.9 Å². The Balaban J connectivity index is 1.55. The van der Waals surface area contributed by atoms with Crippen LogP contribution in [0.4, 0.5) is 0 Å². The van der Waals surface area contributed by atoms with Crippen molar-refractivity contribution in [3.63, 3.8) is 0 Å². The molecule has 2 saturated carbocycles. The van der Waals surface area contributed by atoms with Crippen molar-refractivity contribution in [2.45, 2.75) is 81.9 Å². The number of hydrogen-bond acceptors (Lipinski definition) is 2. The van der Waals surface area contributed by atoms with Crippen LogP contribution in [0.3, 0.4) is 0 Å². The maximum Gasteiger partial charge on any atom is 0.130 e. The molecule has 0 unspecified atom stereocenters. The Morgan fingerprint density at radius 2 is 1.14 bits per heavy atom. The minimum atomic E-state index is -0.141. The molecular weight excluding hydrogens is 459 g/mol. The SMILES string of the molecule is COc1cccc(OC)c1-c1ccccc1Cc1ccccc1P(C1CCCCC1)C1CCCCC1. The van der Waals surface area contributed by atoms with E-state index in [-0.39, 0.29) is 7.92 Å². The summed E-state index contributed by atoms with van der Waals surface area (Å²) < 4.78 is 11.6. The number of benzene rings is 3. The Kier molecular flexibility index (Phi) is 8.65. The molecule has 3 heteroatoms. The van der Waals surface area contributed by atoms with Crippen LogP contribution in [-0.2, 0) is 6.42 Å². The maximum absolute atomic E-state index is 5.79. The van der Waals surface area contributed by atoms with E-state index in [0.29, 0.717) is 0 Å². The Morgan fingerprint density at radius 1 is 0.611 bits per heavy atom. The van der Waals surface area contributed by atoms with Crippen molar-refractivity contribution < 1.29 is 9.47 Å². The lowest BCUT2D eigenvalue weighted by Crippen LogP contribution is -2.28. The largest absolute Gasteiger partial charge is 0.496 e. The van der Waals surface area contributed by atoms with Gasteiger partial charge in [-0.15, -0.1) is 0 Å².